The van der Waals surface area contributed by atoms with Gasteiger partial charge in [0.15, 0.2) is 0 Å². The van der Waals surface area contributed by atoms with Gasteiger partial charge in [0, 0.05) is 25.1 Å². The van der Waals surface area contributed by atoms with Crippen LogP contribution in [0.4, 0.5) is 0 Å². The fraction of sp³-hybridized carbons (Fsp3) is 0.920. The first-order valence-corrected chi connectivity index (χ1v) is 24.8. The second-order valence-electron chi connectivity index (χ2n) is 17.4. The molecule has 0 aliphatic rings. The minimum atomic E-state index is -0.0120. The van der Waals surface area contributed by atoms with E-state index in [1.807, 2.05) is 0 Å². The number of nitrogens with one attached hydrogen (secondary N) is 1. The van der Waals surface area contributed by atoms with Crippen molar-refractivity contribution in [2.75, 3.05) is 32.8 Å². The predicted octanol–water partition coefficient (Wildman–Crippen LogP) is 14.8. The maximum Gasteiger partial charge on any atom is 0.306 e. The molecule has 1 N–H and O–H groups in total. The minimum absolute atomic E-state index is 0.0120. The number of carbonyl (C=O) groups excluding carboxylic acids is 2. The molecule has 0 bridgehead atoms. The molecule has 0 radical (unpaired) electrons. The van der Waals surface area contributed by atoms with Crippen molar-refractivity contribution in [3.8, 4) is 0 Å². The molecular weight excluding hydrogens is 693 g/mol. The molecule has 0 aliphatic carbocycles. The molecule has 0 rings (SSSR count). The summed E-state index contributed by atoms with van der Waals surface area (Å²) in [6, 6.07) is 0. The van der Waals surface area contributed by atoms with Crippen LogP contribution in [-0.4, -0.2) is 55.7 Å². The van der Waals surface area contributed by atoms with E-state index in [-0.39, 0.29) is 18.0 Å². The Labute approximate surface area is 350 Å². The van der Waals surface area contributed by atoms with Crippen molar-refractivity contribution in [2.45, 2.75) is 259 Å². The number of hydrogen-bond donors (Lipinski definition) is 1. The maximum absolute atomic E-state index is 12.8. The number of rotatable bonds is 45. The smallest absolute Gasteiger partial charge is 0.306 e. The molecule has 0 aromatic carbocycles. The standard InChI is InChI=1S/C50H98N2O4/c1-7-10-13-16-19-28-35-45-55-49(53)39-31-24-20-26-33-42-52(44-36-41-51-47(6)46(4)5)43-34-27-21-25-32-40-50(54)56-48(37-29-22-17-14-11-8-2)38-30-23-18-15-12-9-3/h46,48,51H,6-45H2,1-5H3. The van der Waals surface area contributed by atoms with Crippen molar-refractivity contribution in [3.05, 3.63) is 12.3 Å². The van der Waals surface area contributed by atoms with Crippen LogP contribution in [0.2, 0.25) is 0 Å². The van der Waals surface area contributed by atoms with Crippen molar-refractivity contribution < 1.29 is 19.1 Å². The molecule has 0 aliphatic heterocycles. The first kappa shape index (κ1) is 54.4. The Morgan fingerprint density at radius 2 is 0.893 bits per heavy atom. The molecule has 332 valence electrons. The lowest BCUT2D eigenvalue weighted by Gasteiger charge is -2.23. The molecular formula is C50H98N2O4. The van der Waals surface area contributed by atoms with Crippen LogP contribution in [0, 0.1) is 5.92 Å². The van der Waals surface area contributed by atoms with E-state index in [1.165, 1.54) is 154 Å². The molecule has 0 saturated carbocycles. The Balaban J connectivity index is 4.35. The van der Waals surface area contributed by atoms with E-state index in [1.54, 1.807) is 0 Å². The van der Waals surface area contributed by atoms with Crippen LogP contribution < -0.4 is 5.32 Å². The lowest BCUT2D eigenvalue weighted by Crippen LogP contribution is -2.30. The monoisotopic (exact) mass is 791 g/mol. The zero-order valence-electron chi connectivity index (χ0n) is 38.5. The second kappa shape index (κ2) is 43.0. The number of carbonyl (C=O) groups is 2. The van der Waals surface area contributed by atoms with Gasteiger partial charge in [0.05, 0.1) is 6.61 Å². The minimum Gasteiger partial charge on any atom is -0.466 e. The lowest BCUT2D eigenvalue weighted by molar-refractivity contribution is -0.150. The fourth-order valence-electron chi connectivity index (χ4n) is 7.49. The summed E-state index contributed by atoms with van der Waals surface area (Å²) in [5.41, 5.74) is 1.13. The van der Waals surface area contributed by atoms with Gasteiger partial charge in [-0.05, 0) is 89.8 Å². The number of ether oxygens (including phenoxy) is 2. The van der Waals surface area contributed by atoms with Crippen molar-refractivity contribution in [1.29, 1.82) is 0 Å². The highest BCUT2D eigenvalue weighted by Crippen LogP contribution is 2.19. The molecule has 6 heteroatoms. The van der Waals surface area contributed by atoms with E-state index in [0.717, 1.165) is 83.2 Å². The van der Waals surface area contributed by atoms with E-state index in [2.05, 4.69) is 51.4 Å². The molecule has 0 aromatic heterocycles. The van der Waals surface area contributed by atoms with Crippen LogP contribution >= 0.6 is 0 Å². The Morgan fingerprint density at radius 1 is 0.500 bits per heavy atom. The van der Waals surface area contributed by atoms with Gasteiger partial charge in [-0.2, -0.15) is 0 Å². The normalized spacial score (nSPS) is 11.6. The van der Waals surface area contributed by atoms with Gasteiger partial charge in [0.25, 0.3) is 0 Å². The third kappa shape index (κ3) is 39.3. The van der Waals surface area contributed by atoms with Crippen LogP contribution in [0.1, 0.15) is 253 Å². The highest BCUT2D eigenvalue weighted by molar-refractivity contribution is 5.69. The van der Waals surface area contributed by atoms with Gasteiger partial charge in [-0.1, -0.05) is 182 Å². The molecule has 0 unspecified atom stereocenters. The molecule has 56 heavy (non-hydrogen) atoms. The second-order valence-corrected chi connectivity index (χ2v) is 17.4. The summed E-state index contributed by atoms with van der Waals surface area (Å²) in [5.74, 6) is 0.490. The average Bonchev–Trinajstić information content (AvgIpc) is 3.18. The van der Waals surface area contributed by atoms with Crippen molar-refractivity contribution in [3.63, 3.8) is 0 Å². The van der Waals surface area contributed by atoms with E-state index in [9.17, 15) is 9.59 Å². The largest absolute Gasteiger partial charge is 0.466 e. The van der Waals surface area contributed by atoms with Gasteiger partial charge in [0.2, 0.25) is 0 Å². The average molecular weight is 791 g/mol. The molecule has 0 spiro atoms. The Morgan fingerprint density at radius 3 is 1.38 bits per heavy atom. The SMILES string of the molecule is C=C(NCCCN(CCCCCCCC(=O)OCCCCCCCCC)CCCCCCCC(=O)OC(CCCCCCCC)CCCCCCCC)C(C)C. The number of nitrogens with zero attached hydrogens (tertiary/aromatic N) is 1. The molecule has 0 heterocycles. The van der Waals surface area contributed by atoms with Crippen LogP contribution in [-0.2, 0) is 19.1 Å². The highest BCUT2D eigenvalue weighted by Gasteiger charge is 2.14. The summed E-state index contributed by atoms with van der Waals surface area (Å²) in [7, 11) is 0. The van der Waals surface area contributed by atoms with Crippen molar-refractivity contribution in [1.82, 2.24) is 10.2 Å². The van der Waals surface area contributed by atoms with Gasteiger partial charge in [-0.25, -0.2) is 0 Å². The molecule has 0 saturated heterocycles. The van der Waals surface area contributed by atoms with E-state index >= 15 is 0 Å². The first-order valence-electron chi connectivity index (χ1n) is 24.8. The Hall–Kier alpha value is -1.56. The summed E-state index contributed by atoms with van der Waals surface area (Å²) in [6.45, 7) is 20.3. The summed E-state index contributed by atoms with van der Waals surface area (Å²) in [5, 5.41) is 3.52. The molecule has 0 atom stereocenters. The van der Waals surface area contributed by atoms with Crippen molar-refractivity contribution >= 4 is 11.9 Å². The molecule has 0 aromatic rings. The van der Waals surface area contributed by atoms with Gasteiger partial charge in [0.1, 0.15) is 6.10 Å². The predicted molar refractivity (Wildman–Crippen MR) is 243 cm³/mol. The van der Waals surface area contributed by atoms with Gasteiger partial charge < -0.3 is 19.7 Å². The number of unbranched alkanes of at least 4 members (excludes halogenated alkanes) is 24. The van der Waals surface area contributed by atoms with E-state index in [0.29, 0.717) is 25.4 Å². The van der Waals surface area contributed by atoms with E-state index in [4.69, 9.17) is 9.47 Å². The maximum atomic E-state index is 12.8. The summed E-state index contributed by atoms with van der Waals surface area (Å²) in [6.07, 6.45) is 40.0. The van der Waals surface area contributed by atoms with E-state index < -0.39 is 0 Å². The third-order valence-corrected chi connectivity index (χ3v) is 11.5. The quantitative estimate of drug-likeness (QED) is 0.0489. The molecule has 0 amide bonds. The van der Waals surface area contributed by atoms with Crippen LogP contribution in [0.3, 0.4) is 0 Å². The van der Waals surface area contributed by atoms with Crippen LogP contribution in [0.5, 0.6) is 0 Å². The highest BCUT2D eigenvalue weighted by atomic mass is 16.5. The zero-order chi connectivity index (χ0) is 41.2. The molecule has 0 fully saturated rings. The van der Waals surface area contributed by atoms with Crippen LogP contribution in [0.25, 0.3) is 0 Å². The lowest BCUT2D eigenvalue weighted by atomic mass is 10.0. The first-order chi connectivity index (χ1) is 27.3. The third-order valence-electron chi connectivity index (χ3n) is 11.5. The Bertz CT molecular complexity index is 846. The summed E-state index contributed by atoms with van der Waals surface area (Å²) < 4.78 is 11.5. The molecule has 6 nitrogen and oxygen atoms in total. The topological polar surface area (TPSA) is 67.9 Å². The fourth-order valence-corrected chi connectivity index (χ4v) is 7.49. The zero-order valence-corrected chi connectivity index (χ0v) is 38.5. The summed E-state index contributed by atoms with van der Waals surface area (Å²) >= 11 is 0. The number of allylic oxidation sites excluding steroid dienone is 1. The number of esters is 2. The number of hydrogen-bond acceptors (Lipinski definition) is 6. The summed E-state index contributed by atoms with van der Waals surface area (Å²) in [4.78, 5) is 27.6. The van der Waals surface area contributed by atoms with Crippen LogP contribution in [0.15, 0.2) is 12.3 Å². The Kier molecular flexibility index (Phi) is 41.8. The van der Waals surface area contributed by atoms with Gasteiger partial charge in [-0.3, -0.25) is 9.59 Å². The van der Waals surface area contributed by atoms with Crippen molar-refractivity contribution in [2.24, 2.45) is 5.92 Å². The van der Waals surface area contributed by atoms with Gasteiger partial charge >= 0.3 is 11.9 Å². The van der Waals surface area contributed by atoms with Gasteiger partial charge in [-0.15, -0.1) is 0 Å².